The van der Waals surface area contributed by atoms with E-state index in [4.69, 9.17) is 11.6 Å². The molecule has 1 aliphatic carbocycles. The molecule has 112 valence electrons. The van der Waals surface area contributed by atoms with Gasteiger partial charge in [0.15, 0.2) is 0 Å². The minimum absolute atomic E-state index is 0.295. The molecule has 1 aromatic rings. The Morgan fingerprint density at radius 3 is 2.65 bits per heavy atom. The van der Waals surface area contributed by atoms with Crippen LogP contribution in [-0.2, 0) is 24.7 Å². The quantitative estimate of drug-likeness (QED) is 0.792. The fourth-order valence-electron chi connectivity index (χ4n) is 3.13. The Kier molecular flexibility index (Phi) is 5.64. The van der Waals surface area contributed by atoms with Crippen molar-refractivity contribution in [3.05, 3.63) is 16.4 Å². The predicted octanol–water partition coefficient (Wildman–Crippen LogP) is 4.11. The molecule has 0 saturated heterocycles. The van der Waals surface area contributed by atoms with Gasteiger partial charge in [-0.3, -0.25) is 9.48 Å². The molecule has 0 bridgehead atoms. The van der Waals surface area contributed by atoms with Crippen LogP contribution in [0.5, 0.6) is 0 Å². The topological polar surface area (TPSA) is 34.9 Å². The Balaban J connectivity index is 1.86. The number of hydrogen-bond acceptors (Lipinski definition) is 2. The van der Waals surface area contributed by atoms with E-state index in [1.54, 1.807) is 4.68 Å². The van der Waals surface area contributed by atoms with Crippen LogP contribution in [0.25, 0.3) is 0 Å². The van der Waals surface area contributed by atoms with Gasteiger partial charge in [0.2, 0.25) is 0 Å². The third-order valence-electron chi connectivity index (χ3n) is 4.42. The summed E-state index contributed by atoms with van der Waals surface area (Å²) in [6.07, 6.45) is 9.63. The molecular weight excluding hydrogens is 272 g/mol. The zero-order chi connectivity index (χ0) is 14.5. The lowest BCUT2D eigenvalue weighted by Gasteiger charge is -2.20. The molecule has 1 saturated carbocycles. The first-order valence-corrected chi connectivity index (χ1v) is 8.21. The lowest BCUT2D eigenvalue weighted by molar-refractivity contribution is -0.118. The highest BCUT2D eigenvalue weighted by molar-refractivity contribution is 6.32. The maximum atomic E-state index is 12.2. The number of aromatic nitrogens is 2. The highest BCUT2D eigenvalue weighted by atomic mass is 35.5. The summed E-state index contributed by atoms with van der Waals surface area (Å²) in [4.78, 5) is 12.2. The van der Waals surface area contributed by atoms with E-state index < -0.39 is 0 Å². The number of hydrogen-bond donors (Lipinski definition) is 0. The number of Topliss-reactive ketones (excluding diaryl/α,β-unsaturated/α-hetero) is 1. The van der Waals surface area contributed by atoms with E-state index in [-0.39, 0.29) is 0 Å². The fraction of sp³-hybridized carbons (Fsp3) is 0.750. The SMILES string of the molecule is CCc1nn(C)c(CC(=O)CCC2CCCCC2)c1Cl. The van der Waals surface area contributed by atoms with Gasteiger partial charge in [-0.05, 0) is 18.8 Å². The molecule has 4 heteroatoms. The van der Waals surface area contributed by atoms with Crippen LogP contribution in [0.2, 0.25) is 5.02 Å². The van der Waals surface area contributed by atoms with Gasteiger partial charge in [0.05, 0.1) is 16.4 Å². The zero-order valence-electron chi connectivity index (χ0n) is 12.6. The normalized spacial score (nSPS) is 16.6. The number of ketones is 1. The van der Waals surface area contributed by atoms with E-state index in [1.165, 1.54) is 32.1 Å². The summed E-state index contributed by atoms with van der Waals surface area (Å²) in [7, 11) is 1.87. The summed E-state index contributed by atoms with van der Waals surface area (Å²) in [5.74, 6) is 1.06. The lowest BCUT2D eigenvalue weighted by atomic mass is 9.85. The molecule has 2 rings (SSSR count). The molecule has 20 heavy (non-hydrogen) atoms. The number of rotatable bonds is 6. The average Bonchev–Trinajstić information content (AvgIpc) is 2.73. The van der Waals surface area contributed by atoms with Crippen LogP contribution in [0.1, 0.15) is 63.3 Å². The van der Waals surface area contributed by atoms with Gasteiger partial charge in [-0.15, -0.1) is 0 Å². The minimum atomic E-state index is 0.295. The molecule has 0 atom stereocenters. The van der Waals surface area contributed by atoms with E-state index in [0.717, 1.165) is 30.1 Å². The molecule has 0 aromatic carbocycles. The first-order valence-electron chi connectivity index (χ1n) is 7.83. The number of halogens is 1. The van der Waals surface area contributed by atoms with Crippen molar-refractivity contribution in [2.24, 2.45) is 13.0 Å². The van der Waals surface area contributed by atoms with Crippen LogP contribution < -0.4 is 0 Å². The summed E-state index contributed by atoms with van der Waals surface area (Å²) in [6, 6.07) is 0. The van der Waals surface area contributed by atoms with Gasteiger partial charge in [0, 0.05) is 19.9 Å². The molecule has 1 fully saturated rings. The number of aryl methyl sites for hydroxylation is 2. The van der Waals surface area contributed by atoms with Crippen LogP contribution >= 0.6 is 11.6 Å². The smallest absolute Gasteiger partial charge is 0.138 e. The molecule has 1 aliphatic rings. The molecule has 0 radical (unpaired) electrons. The second-order valence-corrected chi connectivity index (χ2v) is 6.32. The van der Waals surface area contributed by atoms with Crippen LogP contribution in [0.4, 0.5) is 0 Å². The summed E-state index contributed by atoms with van der Waals surface area (Å²) >= 11 is 6.29. The number of carbonyl (C=O) groups excluding carboxylic acids is 1. The van der Waals surface area contributed by atoms with Gasteiger partial charge in [-0.25, -0.2) is 0 Å². The van der Waals surface area contributed by atoms with Crippen molar-refractivity contribution in [3.8, 4) is 0 Å². The van der Waals surface area contributed by atoms with Gasteiger partial charge in [0.25, 0.3) is 0 Å². The van der Waals surface area contributed by atoms with Crippen LogP contribution in [0, 0.1) is 5.92 Å². The van der Waals surface area contributed by atoms with Crippen LogP contribution in [0.15, 0.2) is 0 Å². The van der Waals surface area contributed by atoms with Crippen molar-refractivity contribution in [2.45, 2.75) is 64.7 Å². The fourth-order valence-corrected chi connectivity index (χ4v) is 3.49. The zero-order valence-corrected chi connectivity index (χ0v) is 13.4. The monoisotopic (exact) mass is 296 g/mol. The number of nitrogens with zero attached hydrogens (tertiary/aromatic N) is 2. The van der Waals surface area contributed by atoms with Gasteiger partial charge >= 0.3 is 0 Å². The Morgan fingerprint density at radius 1 is 1.35 bits per heavy atom. The van der Waals surface area contributed by atoms with E-state index in [2.05, 4.69) is 5.10 Å². The third kappa shape index (κ3) is 3.85. The van der Waals surface area contributed by atoms with E-state index in [9.17, 15) is 4.79 Å². The summed E-state index contributed by atoms with van der Waals surface area (Å²) in [6.45, 7) is 2.03. The van der Waals surface area contributed by atoms with E-state index >= 15 is 0 Å². The molecule has 1 aromatic heterocycles. The molecule has 0 spiro atoms. The molecule has 0 aliphatic heterocycles. The largest absolute Gasteiger partial charge is 0.299 e. The van der Waals surface area contributed by atoms with E-state index in [1.807, 2.05) is 14.0 Å². The molecule has 0 unspecified atom stereocenters. The average molecular weight is 297 g/mol. The number of carbonyl (C=O) groups is 1. The Labute approximate surface area is 126 Å². The molecule has 1 heterocycles. The highest BCUT2D eigenvalue weighted by Gasteiger charge is 2.18. The lowest BCUT2D eigenvalue weighted by Crippen LogP contribution is -2.12. The summed E-state index contributed by atoms with van der Waals surface area (Å²) in [5, 5.41) is 5.05. The van der Waals surface area contributed by atoms with Gasteiger partial charge in [0.1, 0.15) is 5.78 Å². The standard InChI is InChI=1S/C16H25ClN2O/c1-3-14-16(17)15(19(2)18-14)11-13(20)10-9-12-7-5-4-6-8-12/h12H,3-11H2,1-2H3. The molecule has 0 N–H and O–H groups in total. The van der Waals surface area contributed by atoms with Gasteiger partial charge in [-0.2, -0.15) is 5.10 Å². The van der Waals surface area contributed by atoms with Crippen LogP contribution in [-0.4, -0.2) is 15.6 Å². The van der Waals surface area contributed by atoms with Gasteiger partial charge < -0.3 is 0 Å². The molecule has 3 nitrogen and oxygen atoms in total. The van der Waals surface area contributed by atoms with Crippen LogP contribution in [0.3, 0.4) is 0 Å². The first kappa shape index (κ1) is 15.6. The van der Waals surface area contributed by atoms with Gasteiger partial charge in [-0.1, -0.05) is 50.6 Å². The van der Waals surface area contributed by atoms with Crippen molar-refractivity contribution >= 4 is 17.4 Å². The summed E-state index contributed by atoms with van der Waals surface area (Å²) < 4.78 is 1.76. The first-order chi connectivity index (χ1) is 9.61. The van der Waals surface area contributed by atoms with Crippen molar-refractivity contribution in [2.75, 3.05) is 0 Å². The maximum absolute atomic E-state index is 12.2. The van der Waals surface area contributed by atoms with Crippen molar-refractivity contribution in [3.63, 3.8) is 0 Å². The molecule has 0 amide bonds. The summed E-state index contributed by atoms with van der Waals surface area (Å²) in [5.41, 5.74) is 1.77. The second kappa shape index (κ2) is 7.26. The minimum Gasteiger partial charge on any atom is -0.299 e. The third-order valence-corrected chi connectivity index (χ3v) is 4.86. The Bertz CT molecular complexity index is 461. The Hall–Kier alpha value is -0.830. The predicted molar refractivity (Wildman–Crippen MR) is 82.1 cm³/mol. The Morgan fingerprint density at radius 2 is 2.05 bits per heavy atom. The van der Waals surface area contributed by atoms with Crippen molar-refractivity contribution in [1.29, 1.82) is 0 Å². The second-order valence-electron chi connectivity index (χ2n) is 5.94. The maximum Gasteiger partial charge on any atom is 0.138 e. The van der Waals surface area contributed by atoms with Crippen molar-refractivity contribution < 1.29 is 4.79 Å². The highest BCUT2D eigenvalue weighted by Crippen LogP contribution is 2.28. The van der Waals surface area contributed by atoms with Crippen molar-refractivity contribution in [1.82, 2.24) is 9.78 Å². The molecular formula is C16H25ClN2O. The van der Waals surface area contributed by atoms with E-state index in [0.29, 0.717) is 23.6 Å².